The van der Waals surface area contributed by atoms with Crippen LogP contribution in [0.2, 0.25) is 0 Å². The number of anilines is 1. The van der Waals surface area contributed by atoms with Crippen LogP contribution in [0.25, 0.3) is 0 Å². The Balaban J connectivity index is 0.00000280. The van der Waals surface area contributed by atoms with Crippen molar-refractivity contribution in [3.8, 4) is 0 Å². The molecular formula is C21H25ClFN3O2. The molecule has 5 nitrogen and oxygen atoms in total. The molecule has 1 unspecified atom stereocenters. The van der Waals surface area contributed by atoms with Gasteiger partial charge in [-0.2, -0.15) is 0 Å². The number of piperidine rings is 1. The maximum atomic E-state index is 13.9. The average molecular weight is 406 g/mol. The topological polar surface area (TPSA) is 70.2 Å². The number of carbonyl (C=O) groups excluding carboxylic acids is 2. The molecule has 0 aliphatic carbocycles. The molecule has 2 aromatic carbocycles. The van der Waals surface area contributed by atoms with Crippen molar-refractivity contribution in [1.82, 2.24) is 10.6 Å². The highest BCUT2D eigenvalue weighted by Gasteiger charge is 2.19. The van der Waals surface area contributed by atoms with Crippen molar-refractivity contribution in [2.24, 2.45) is 5.92 Å². The van der Waals surface area contributed by atoms with Crippen LogP contribution < -0.4 is 16.0 Å². The zero-order valence-corrected chi connectivity index (χ0v) is 16.6. The van der Waals surface area contributed by atoms with Crippen LogP contribution in [0.15, 0.2) is 42.5 Å². The van der Waals surface area contributed by atoms with Crippen molar-refractivity contribution in [3.05, 3.63) is 65.0 Å². The Hall–Kier alpha value is -2.44. The van der Waals surface area contributed by atoms with E-state index in [4.69, 9.17) is 0 Å². The number of aryl methyl sites for hydroxylation is 1. The van der Waals surface area contributed by atoms with Gasteiger partial charge in [-0.25, -0.2) is 4.39 Å². The highest BCUT2D eigenvalue weighted by Crippen LogP contribution is 2.22. The summed E-state index contributed by atoms with van der Waals surface area (Å²) in [6.07, 6.45) is 2.19. The molecule has 28 heavy (non-hydrogen) atoms. The molecule has 0 aromatic heterocycles. The number of nitrogens with one attached hydrogen (secondary N) is 3. The van der Waals surface area contributed by atoms with Gasteiger partial charge in [0.15, 0.2) is 0 Å². The minimum absolute atomic E-state index is 0. The number of halogens is 2. The summed E-state index contributed by atoms with van der Waals surface area (Å²) < 4.78 is 13.9. The van der Waals surface area contributed by atoms with E-state index in [0.717, 1.165) is 31.5 Å². The van der Waals surface area contributed by atoms with E-state index in [9.17, 15) is 14.0 Å². The largest absolute Gasteiger partial charge is 0.352 e. The number of carbonyl (C=O) groups is 2. The Kier molecular flexibility index (Phi) is 7.96. The van der Waals surface area contributed by atoms with Crippen molar-refractivity contribution in [2.75, 3.05) is 25.0 Å². The maximum absolute atomic E-state index is 13.9. The number of benzene rings is 2. The van der Waals surface area contributed by atoms with Gasteiger partial charge in [0.2, 0.25) is 0 Å². The Labute approximate surface area is 170 Å². The third-order valence-electron chi connectivity index (χ3n) is 4.82. The van der Waals surface area contributed by atoms with Crippen molar-refractivity contribution in [1.29, 1.82) is 0 Å². The first-order chi connectivity index (χ1) is 13.1. The summed E-state index contributed by atoms with van der Waals surface area (Å²) >= 11 is 0. The molecular weight excluding hydrogens is 381 g/mol. The van der Waals surface area contributed by atoms with Crippen LogP contribution in [0, 0.1) is 18.7 Å². The van der Waals surface area contributed by atoms with Crippen LogP contribution in [-0.4, -0.2) is 31.4 Å². The molecule has 1 fully saturated rings. The Morgan fingerprint density at radius 1 is 1.11 bits per heavy atom. The predicted octanol–water partition coefficient (Wildman–Crippen LogP) is 3.54. The average Bonchev–Trinajstić information content (AvgIpc) is 2.68. The molecule has 0 spiro atoms. The molecule has 1 aliphatic rings. The van der Waals surface area contributed by atoms with Gasteiger partial charge in [0.25, 0.3) is 11.8 Å². The summed E-state index contributed by atoms with van der Waals surface area (Å²) in [5, 5.41) is 8.98. The van der Waals surface area contributed by atoms with Gasteiger partial charge in [0, 0.05) is 6.54 Å². The van der Waals surface area contributed by atoms with Crippen LogP contribution in [-0.2, 0) is 0 Å². The second-order valence-corrected chi connectivity index (χ2v) is 6.85. The lowest BCUT2D eigenvalue weighted by Crippen LogP contribution is -2.38. The molecule has 1 saturated heterocycles. The summed E-state index contributed by atoms with van der Waals surface area (Å²) in [6, 6.07) is 11.0. The van der Waals surface area contributed by atoms with E-state index in [-0.39, 0.29) is 23.9 Å². The first-order valence-corrected chi connectivity index (χ1v) is 9.20. The van der Waals surface area contributed by atoms with E-state index >= 15 is 0 Å². The fraction of sp³-hybridized carbons (Fsp3) is 0.333. The summed E-state index contributed by atoms with van der Waals surface area (Å²) in [4.78, 5) is 25.2. The SMILES string of the molecule is Cc1cccc(C(=O)NCC2CCCNC2)c1NC(=O)c1ccccc1F.Cl. The lowest BCUT2D eigenvalue weighted by Gasteiger charge is -2.23. The van der Waals surface area contributed by atoms with Crippen molar-refractivity contribution >= 4 is 29.9 Å². The minimum Gasteiger partial charge on any atom is -0.352 e. The molecule has 3 rings (SSSR count). The number of hydrogen-bond acceptors (Lipinski definition) is 3. The monoisotopic (exact) mass is 405 g/mol. The molecule has 1 aliphatic heterocycles. The van der Waals surface area contributed by atoms with Gasteiger partial charge in [-0.3, -0.25) is 9.59 Å². The molecule has 3 N–H and O–H groups in total. The van der Waals surface area contributed by atoms with Gasteiger partial charge in [-0.1, -0.05) is 24.3 Å². The standard InChI is InChI=1S/C21H24FN3O2.ClH/c1-14-6-4-9-17(20(26)24-13-15-7-5-11-23-12-15)19(14)25-21(27)16-8-2-3-10-18(16)22;/h2-4,6,8-10,15,23H,5,7,11-13H2,1H3,(H,24,26)(H,25,27);1H. The van der Waals surface area contributed by atoms with Gasteiger partial charge in [-0.15, -0.1) is 12.4 Å². The smallest absolute Gasteiger partial charge is 0.258 e. The lowest BCUT2D eigenvalue weighted by molar-refractivity contribution is 0.0945. The third kappa shape index (κ3) is 5.30. The highest BCUT2D eigenvalue weighted by molar-refractivity contribution is 6.09. The van der Waals surface area contributed by atoms with E-state index < -0.39 is 11.7 Å². The van der Waals surface area contributed by atoms with E-state index in [1.807, 2.05) is 0 Å². The van der Waals surface area contributed by atoms with Gasteiger partial charge in [-0.05, 0) is 62.5 Å². The van der Waals surface area contributed by atoms with Gasteiger partial charge in [0.05, 0.1) is 16.8 Å². The number of para-hydroxylation sites is 1. The molecule has 0 radical (unpaired) electrons. The fourth-order valence-electron chi connectivity index (χ4n) is 3.28. The fourth-order valence-corrected chi connectivity index (χ4v) is 3.28. The molecule has 0 saturated carbocycles. The van der Waals surface area contributed by atoms with E-state index in [1.165, 1.54) is 18.2 Å². The summed E-state index contributed by atoms with van der Waals surface area (Å²) in [7, 11) is 0. The third-order valence-corrected chi connectivity index (χ3v) is 4.82. The first kappa shape index (κ1) is 21.9. The van der Waals surface area contributed by atoms with Gasteiger partial charge in [0.1, 0.15) is 5.82 Å². The van der Waals surface area contributed by atoms with Gasteiger partial charge < -0.3 is 16.0 Å². The van der Waals surface area contributed by atoms with Crippen LogP contribution in [0.5, 0.6) is 0 Å². The number of rotatable bonds is 5. The van der Waals surface area contributed by atoms with E-state index in [1.54, 1.807) is 31.2 Å². The van der Waals surface area contributed by atoms with E-state index in [0.29, 0.717) is 23.7 Å². The molecule has 1 atom stereocenters. The molecule has 1 heterocycles. The zero-order chi connectivity index (χ0) is 19.2. The summed E-state index contributed by atoms with van der Waals surface area (Å²) in [5.41, 5.74) is 1.47. The minimum atomic E-state index is -0.598. The lowest BCUT2D eigenvalue weighted by atomic mass is 9.99. The normalized spacial score (nSPS) is 16.0. The van der Waals surface area contributed by atoms with Crippen LogP contribution in [0.1, 0.15) is 39.1 Å². The molecule has 150 valence electrons. The molecule has 7 heteroatoms. The second-order valence-electron chi connectivity index (χ2n) is 6.85. The zero-order valence-electron chi connectivity index (χ0n) is 15.8. The second kappa shape index (κ2) is 10.2. The van der Waals surface area contributed by atoms with Crippen molar-refractivity contribution in [2.45, 2.75) is 19.8 Å². The Bertz CT molecular complexity index is 838. The predicted molar refractivity (Wildman–Crippen MR) is 111 cm³/mol. The van der Waals surface area contributed by atoms with Crippen LogP contribution in [0.3, 0.4) is 0 Å². The quantitative estimate of drug-likeness (QED) is 0.712. The number of amides is 2. The van der Waals surface area contributed by atoms with Crippen LogP contribution in [0.4, 0.5) is 10.1 Å². The summed E-state index contributed by atoms with van der Waals surface area (Å²) in [6.45, 7) is 4.30. The molecule has 2 aromatic rings. The first-order valence-electron chi connectivity index (χ1n) is 9.20. The summed E-state index contributed by atoms with van der Waals surface area (Å²) in [5.74, 6) is -1.01. The Morgan fingerprint density at radius 3 is 2.57 bits per heavy atom. The van der Waals surface area contributed by atoms with Crippen molar-refractivity contribution < 1.29 is 14.0 Å². The highest BCUT2D eigenvalue weighted by atomic mass is 35.5. The maximum Gasteiger partial charge on any atom is 0.258 e. The Morgan fingerprint density at radius 2 is 1.86 bits per heavy atom. The van der Waals surface area contributed by atoms with Gasteiger partial charge >= 0.3 is 0 Å². The van der Waals surface area contributed by atoms with E-state index in [2.05, 4.69) is 16.0 Å². The van der Waals surface area contributed by atoms with Crippen LogP contribution >= 0.6 is 12.4 Å². The van der Waals surface area contributed by atoms with Crippen molar-refractivity contribution in [3.63, 3.8) is 0 Å². The molecule has 0 bridgehead atoms. The number of hydrogen-bond donors (Lipinski definition) is 3. The molecule has 2 amide bonds.